The molecule has 0 aromatic rings. The molecule has 0 saturated carbocycles. The summed E-state index contributed by atoms with van der Waals surface area (Å²) >= 11 is 0. The van der Waals surface area contributed by atoms with Crippen molar-refractivity contribution in [1.82, 2.24) is 0 Å². The van der Waals surface area contributed by atoms with Gasteiger partial charge in [-0.15, -0.1) is 0 Å². The molecule has 0 aromatic heterocycles. The van der Waals surface area contributed by atoms with E-state index in [9.17, 15) is 14.4 Å². The number of rotatable bonds is 60. The van der Waals surface area contributed by atoms with Crippen LogP contribution in [0.2, 0.25) is 0 Å². The summed E-state index contributed by atoms with van der Waals surface area (Å²) in [4.78, 5) is 38.2. The molecule has 6 nitrogen and oxygen atoms in total. The molecule has 0 heterocycles. The molecule has 0 aliphatic rings. The van der Waals surface area contributed by atoms with E-state index in [4.69, 9.17) is 14.2 Å². The maximum absolute atomic E-state index is 12.9. The van der Waals surface area contributed by atoms with Crippen molar-refractivity contribution in [2.75, 3.05) is 13.2 Å². The van der Waals surface area contributed by atoms with Crippen LogP contribution in [0.25, 0.3) is 0 Å². The summed E-state index contributed by atoms with van der Waals surface area (Å²) in [6, 6.07) is 0. The van der Waals surface area contributed by atoms with Crippen LogP contribution in [0.15, 0.2) is 60.8 Å². The fourth-order valence-corrected chi connectivity index (χ4v) is 9.62. The van der Waals surface area contributed by atoms with E-state index >= 15 is 0 Å². The molecule has 0 bridgehead atoms. The third-order valence-corrected chi connectivity index (χ3v) is 14.5. The van der Waals surface area contributed by atoms with Gasteiger partial charge in [-0.2, -0.15) is 0 Å². The van der Waals surface area contributed by atoms with Gasteiger partial charge in [-0.05, 0) is 77.0 Å². The van der Waals surface area contributed by atoms with E-state index in [0.717, 1.165) is 96.3 Å². The van der Waals surface area contributed by atoms with Crippen LogP contribution in [0, 0.1) is 0 Å². The van der Waals surface area contributed by atoms with Crippen LogP contribution in [0.3, 0.4) is 0 Å². The van der Waals surface area contributed by atoms with Gasteiger partial charge in [-0.25, -0.2) is 0 Å². The van der Waals surface area contributed by atoms with Crippen LogP contribution in [-0.4, -0.2) is 37.2 Å². The number of hydrogen-bond donors (Lipinski definition) is 0. The van der Waals surface area contributed by atoms with Gasteiger partial charge < -0.3 is 14.2 Å². The fraction of sp³-hybridized carbons (Fsp3) is 0.812. The molecule has 75 heavy (non-hydrogen) atoms. The van der Waals surface area contributed by atoms with Crippen LogP contribution >= 0.6 is 0 Å². The molecule has 0 aromatic carbocycles. The smallest absolute Gasteiger partial charge is 0.306 e. The molecule has 0 aliphatic carbocycles. The second-order valence-corrected chi connectivity index (χ2v) is 22.0. The summed E-state index contributed by atoms with van der Waals surface area (Å²) in [5.74, 6) is -0.863. The Labute approximate surface area is 466 Å². The Morgan fingerprint density at radius 2 is 0.547 bits per heavy atom. The normalized spacial score (nSPS) is 12.4. The van der Waals surface area contributed by atoms with Crippen molar-refractivity contribution in [2.45, 2.75) is 348 Å². The first-order valence-electron chi connectivity index (χ1n) is 32.8. The Kier molecular flexibility index (Phi) is 61.2. The van der Waals surface area contributed by atoms with E-state index in [1.165, 1.54) is 205 Å². The van der Waals surface area contributed by atoms with Gasteiger partial charge in [0.1, 0.15) is 13.2 Å². The number of unbranched alkanes of at least 4 members (excludes halogenated alkanes) is 39. The lowest BCUT2D eigenvalue weighted by Crippen LogP contribution is -2.30. The fourth-order valence-electron chi connectivity index (χ4n) is 9.62. The SMILES string of the molecule is CC/C=C\C/C=C\C/C=C\C/C=C\CCCCCCCCCCCCCCCCCCC(=O)OCC(COC(=O)CCCCCCC/C=C\CCC)OC(=O)CCCCCCCCCCCCCCCCCCCC. The van der Waals surface area contributed by atoms with E-state index in [1.54, 1.807) is 0 Å². The summed E-state index contributed by atoms with van der Waals surface area (Å²) < 4.78 is 16.9. The standard InChI is InChI=1S/C69H124O6/c1-4-7-10-13-16-19-22-24-26-28-30-31-32-33-34-35-36-37-38-39-40-42-43-45-47-50-53-56-59-62-68(71)74-65-66(64-73-67(70)61-58-55-52-49-21-18-15-12-9-6-3)75-69(72)63-60-57-54-51-48-46-44-41-29-27-25-23-20-17-14-11-8-5-2/h7,10,12,15-16,19,24,26,30-31,66H,4-6,8-9,11,13-14,17-18,20-23,25,27-29,32-65H2,1-3H3/b10-7-,15-12-,19-16-,26-24-,31-30-. The van der Waals surface area contributed by atoms with Gasteiger partial charge in [0.2, 0.25) is 0 Å². The molecule has 0 rings (SSSR count). The van der Waals surface area contributed by atoms with E-state index in [0.29, 0.717) is 19.3 Å². The Morgan fingerprint density at radius 1 is 0.280 bits per heavy atom. The van der Waals surface area contributed by atoms with Crippen LogP contribution < -0.4 is 0 Å². The molecule has 0 spiro atoms. The number of carbonyl (C=O) groups is 3. The number of esters is 3. The number of carbonyl (C=O) groups excluding carboxylic acids is 3. The highest BCUT2D eigenvalue weighted by Gasteiger charge is 2.19. The molecule has 0 fully saturated rings. The van der Waals surface area contributed by atoms with Crippen molar-refractivity contribution in [1.29, 1.82) is 0 Å². The molecular weight excluding hydrogens is 925 g/mol. The lowest BCUT2D eigenvalue weighted by Gasteiger charge is -2.18. The number of allylic oxidation sites excluding steroid dienone is 10. The highest BCUT2D eigenvalue weighted by molar-refractivity contribution is 5.71. The van der Waals surface area contributed by atoms with Gasteiger partial charge in [0, 0.05) is 19.3 Å². The van der Waals surface area contributed by atoms with E-state index < -0.39 is 6.10 Å². The zero-order valence-electron chi connectivity index (χ0n) is 50.1. The highest BCUT2D eigenvalue weighted by Crippen LogP contribution is 2.18. The first kappa shape index (κ1) is 72.1. The van der Waals surface area contributed by atoms with Crippen LogP contribution in [-0.2, 0) is 28.6 Å². The lowest BCUT2D eigenvalue weighted by atomic mass is 10.0. The van der Waals surface area contributed by atoms with Crippen molar-refractivity contribution in [3.8, 4) is 0 Å². The zero-order chi connectivity index (χ0) is 54.3. The Balaban J connectivity index is 4.14. The lowest BCUT2D eigenvalue weighted by molar-refractivity contribution is -0.167. The molecule has 0 N–H and O–H groups in total. The van der Waals surface area contributed by atoms with E-state index in [1.807, 2.05) is 0 Å². The molecule has 436 valence electrons. The molecule has 0 aliphatic heterocycles. The average Bonchev–Trinajstić information content (AvgIpc) is 3.41. The van der Waals surface area contributed by atoms with Gasteiger partial charge in [0.25, 0.3) is 0 Å². The van der Waals surface area contributed by atoms with Crippen molar-refractivity contribution in [2.24, 2.45) is 0 Å². The van der Waals surface area contributed by atoms with Gasteiger partial charge in [0.05, 0.1) is 0 Å². The maximum atomic E-state index is 12.9. The van der Waals surface area contributed by atoms with Crippen molar-refractivity contribution < 1.29 is 28.6 Å². The Hall–Kier alpha value is -2.89. The first-order valence-corrected chi connectivity index (χ1v) is 32.8. The topological polar surface area (TPSA) is 78.9 Å². The zero-order valence-corrected chi connectivity index (χ0v) is 50.1. The monoisotopic (exact) mass is 1050 g/mol. The third kappa shape index (κ3) is 61.8. The van der Waals surface area contributed by atoms with Crippen molar-refractivity contribution in [3.63, 3.8) is 0 Å². The van der Waals surface area contributed by atoms with Crippen molar-refractivity contribution in [3.05, 3.63) is 60.8 Å². The molecule has 0 saturated heterocycles. The predicted molar refractivity (Wildman–Crippen MR) is 325 cm³/mol. The minimum absolute atomic E-state index is 0.0720. The first-order chi connectivity index (χ1) is 37.0. The second-order valence-electron chi connectivity index (χ2n) is 22.0. The Morgan fingerprint density at radius 3 is 0.880 bits per heavy atom. The summed E-state index contributed by atoms with van der Waals surface area (Å²) in [7, 11) is 0. The number of ether oxygens (including phenoxy) is 3. The minimum Gasteiger partial charge on any atom is -0.462 e. The molecule has 1 unspecified atom stereocenters. The van der Waals surface area contributed by atoms with Crippen LogP contribution in [0.5, 0.6) is 0 Å². The molecule has 0 radical (unpaired) electrons. The minimum atomic E-state index is -0.774. The number of hydrogen-bond acceptors (Lipinski definition) is 6. The van der Waals surface area contributed by atoms with Gasteiger partial charge in [-0.3, -0.25) is 14.4 Å². The highest BCUT2D eigenvalue weighted by atomic mass is 16.6. The van der Waals surface area contributed by atoms with Crippen molar-refractivity contribution >= 4 is 17.9 Å². The summed E-state index contributed by atoms with van der Waals surface area (Å²) in [5.41, 5.74) is 0. The van der Waals surface area contributed by atoms with Crippen LogP contribution in [0.4, 0.5) is 0 Å². The third-order valence-electron chi connectivity index (χ3n) is 14.5. The predicted octanol–water partition coefficient (Wildman–Crippen LogP) is 22.3. The quantitative estimate of drug-likeness (QED) is 0.0261. The molecule has 0 amide bonds. The van der Waals surface area contributed by atoms with Gasteiger partial charge in [0.15, 0.2) is 6.10 Å². The summed E-state index contributed by atoms with van der Waals surface area (Å²) in [5, 5.41) is 0. The average molecular weight is 1050 g/mol. The molecule has 6 heteroatoms. The van der Waals surface area contributed by atoms with Gasteiger partial charge >= 0.3 is 17.9 Å². The molecule has 1 atom stereocenters. The van der Waals surface area contributed by atoms with Crippen LogP contribution in [0.1, 0.15) is 342 Å². The summed E-state index contributed by atoms with van der Waals surface area (Å²) in [6.45, 7) is 6.51. The summed E-state index contributed by atoms with van der Waals surface area (Å²) in [6.07, 6.45) is 81.1. The largest absolute Gasteiger partial charge is 0.462 e. The second kappa shape index (κ2) is 63.6. The van der Waals surface area contributed by atoms with E-state index in [-0.39, 0.29) is 31.1 Å². The molecular formula is C69H124O6. The van der Waals surface area contributed by atoms with E-state index in [2.05, 4.69) is 81.5 Å². The maximum Gasteiger partial charge on any atom is 0.306 e. The van der Waals surface area contributed by atoms with Gasteiger partial charge in [-0.1, -0.05) is 306 Å². The Bertz CT molecular complexity index is 1340.